The van der Waals surface area contributed by atoms with E-state index in [1.807, 2.05) is 47.9 Å². The Bertz CT molecular complexity index is 1030. The minimum Gasteiger partial charge on any atom is -0.493 e. The van der Waals surface area contributed by atoms with E-state index in [4.69, 9.17) is 14.2 Å². The molecule has 1 unspecified atom stereocenters. The molecule has 1 saturated heterocycles. The Morgan fingerprint density at radius 1 is 0.971 bits per heavy atom. The molecule has 0 radical (unpaired) electrons. The van der Waals surface area contributed by atoms with Gasteiger partial charge in [0.15, 0.2) is 11.5 Å². The third-order valence-electron chi connectivity index (χ3n) is 6.25. The van der Waals surface area contributed by atoms with Crippen molar-refractivity contribution in [1.82, 2.24) is 19.7 Å². The fourth-order valence-electron chi connectivity index (χ4n) is 4.18. The lowest BCUT2D eigenvalue weighted by Gasteiger charge is -2.27. The first-order chi connectivity index (χ1) is 16.5. The van der Waals surface area contributed by atoms with Gasteiger partial charge in [-0.1, -0.05) is 23.8 Å². The molecule has 8 nitrogen and oxygen atoms in total. The normalized spacial score (nSPS) is 18.9. The molecule has 1 aliphatic rings. The smallest absolute Gasteiger partial charge is 0.161 e. The number of nitrogens with zero attached hydrogens (tertiary/aromatic N) is 4. The minimum atomic E-state index is -0.806. The monoisotopic (exact) mass is 466 g/mol. The van der Waals surface area contributed by atoms with Crippen molar-refractivity contribution in [3.05, 3.63) is 66.2 Å². The molecule has 4 rings (SSSR count). The van der Waals surface area contributed by atoms with E-state index in [-0.39, 0.29) is 0 Å². The van der Waals surface area contributed by atoms with Gasteiger partial charge in [-0.05, 0) is 62.6 Å². The van der Waals surface area contributed by atoms with Crippen molar-refractivity contribution in [3.8, 4) is 17.2 Å². The van der Waals surface area contributed by atoms with E-state index in [1.54, 1.807) is 19.8 Å². The third kappa shape index (κ3) is 6.71. The zero-order valence-corrected chi connectivity index (χ0v) is 20.0. The largest absolute Gasteiger partial charge is 0.493 e. The number of ether oxygens (including phenoxy) is 3. The Morgan fingerprint density at radius 3 is 2.53 bits per heavy atom. The van der Waals surface area contributed by atoms with Crippen molar-refractivity contribution in [2.45, 2.75) is 44.9 Å². The Balaban J connectivity index is 1.28. The highest BCUT2D eigenvalue weighted by molar-refractivity contribution is 5.43. The third-order valence-corrected chi connectivity index (χ3v) is 6.25. The van der Waals surface area contributed by atoms with Crippen LogP contribution in [0, 0.1) is 6.92 Å². The molecule has 8 heteroatoms. The van der Waals surface area contributed by atoms with E-state index in [0.717, 1.165) is 55.3 Å². The van der Waals surface area contributed by atoms with Gasteiger partial charge in [0.25, 0.3) is 0 Å². The van der Waals surface area contributed by atoms with Crippen molar-refractivity contribution in [3.63, 3.8) is 0 Å². The number of hydrogen-bond acceptors (Lipinski definition) is 7. The Hall–Kier alpha value is -3.10. The second kappa shape index (κ2) is 11.4. The molecule has 1 fully saturated rings. The van der Waals surface area contributed by atoms with Crippen molar-refractivity contribution < 1.29 is 19.3 Å². The summed E-state index contributed by atoms with van der Waals surface area (Å²) >= 11 is 0. The lowest BCUT2D eigenvalue weighted by atomic mass is 9.96. The van der Waals surface area contributed by atoms with Gasteiger partial charge in [-0.3, -0.25) is 4.90 Å². The fourth-order valence-corrected chi connectivity index (χ4v) is 4.18. The number of aryl methyl sites for hydroxylation is 1. The number of methoxy groups -OCH3 is 1. The van der Waals surface area contributed by atoms with Gasteiger partial charge < -0.3 is 23.9 Å². The second-order valence-corrected chi connectivity index (χ2v) is 8.99. The first-order valence-electron chi connectivity index (χ1n) is 11.8. The lowest BCUT2D eigenvalue weighted by Crippen LogP contribution is -2.37. The summed E-state index contributed by atoms with van der Waals surface area (Å²) in [6.07, 6.45) is 5.68. The van der Waals surface area contributed by atoms with E-state index in [0.29, 0.717) is 26.2 Å². The average Bonchev–Trinajstić information content (AvgIpc) is 3.29. The van der Waals surface area contributed by atoms with Crippen molar-refractivity contribution in [1.29, 1.82) is 0 Å². The number of benzene rings is 2. The molecule has 1 N–H and O–H groups in total. The number of hydrogen-bond donors (Lipinski definition) is 1. The second-order valence-electron chi connectivity index (χ2n) is 8.99. The Labute approximate surface area is 201 Å². The van der Waals surface area contributed by atoms with Crippen LogP contribution in [-0.4, -0.2) is 63.8 Å². The SMILES string of the molecule is COc1cc(CN2CCCC(O)(COc3ccc(C)cc3)CC2)ccc1OCCn1cnnc1. The highest BCUT2D eigenvalue weighted by atomic mass is 16.5. The summed E-state index contributed by atoms with van der Waals surface area (Å²) < 4.78 is 19.2. The highest BCUT2D eigenvalue weighted by Crippen LogP contribution is 2.30. The topological polar surface area (TPSA) is 81.9 Å². The van der Waals surface area contributed by atoms with Crippen LogP contribution in [0.5, 0.6) is 17.2 Å². The molecule has 182 valence electrons. The molecule has 0 amide bonds. The molecule has 2 aromatic carbocycles. The molecule has 0 saturated carbocycles. The Morgan fingerprint density at radius 2 is 1.76 bits per heavy atom. The van der Waals surface area contributed by atoms with Crippen LogP contribution in [0.25, 0.3) is 0 Å². The maximum atomic E-state index is 11.1. The van der Waals surface area contributed by atoms with E-state index in [2.05, 4.69) is 21.2 Å². The number of aromatic nitrogens is 3. The van der Waals surface area contributed by atoms with Crippen LogP contribution < -0.4 is 14.2 Å². The fraction of sp³-hybridized carbons (Fsp3) is 0.462. The molecule has 0 bridgehead atoms. The van der Waals surface area contributed by atoms with Crippen molar-refractivity contribution in [2.24, 2.45) is 0 Å². The van der Waals surface area contributed by atoms with E-state index >= 15 is 0 Å². The predicted molar refractivity (Wildman–Crippen MR) is 129 cm³/mol. The van der Waals surface area contributed by atoms with Gasteiger partial charge in [0.2, 0.25) is 0 Å². The highest BCUT2D eigenvalue weighted by Gasteiger charge is 2.31. The van der Waals surface area contributed by atoms with Crippen LogP contribution in [0.1, 0.15) is 30.4 Å². The number of rotatable bonds is 10. The van der Waals surface area contributed by atoms with Crippen LogP contribution >= 0.6 is 0 Å². The van der Waals surface area contributed by atoms with Crippen LogP contribution in [0.4, 0.5) is 0 Å². The van der Waals surface area contributed by atoms with E-state index in [9.17, 15) is 5.11 Å². The molecule has 1 aromatic heterocycles. The summed E-state index contributed by atoms with van der Waals surface area (Å²) in [6, 6.07) is 14.0. The molecule has 3 aromatic rings. The van der Waals surface area contributed by atoms with Crippen molar-refractivity contribution in [2.75, 3.05) is 33.4 Å². The minimum absolute atomic E-state index is 0.318. The summed E-state index contributed by atoms with van der Waals surface area (Å²) in [7, 11) is 1.66. The van der Waals surface area contributed by atoms with Crippen LogP contribution in [0.2, 0.25) is 0 Å². The molecule has 2 heterocycles. The van der Waals surface area contributed by atoms with Gasteiger partial charge >= 0.3 is 0 Å². The summed E-state index contributed by atoms with van der Waals surface area (Å²) in [5.41, 5.74) is 1.54. The standard InChI is InChI=1S/C26H34N4O4/c1-21-4-7-23(8-5-21)34-18-26(31)10-3-12-29(13-11-26)17-22-6-9-24(25(16-22)32-2)33-15-14-30-19-27-28-20-30/h4-9,16,19-20,31H,3,10-15,17-18H2,1-2H3. The molecule has 1 aliphatic heterocycles. The Kier molecular flexibility index (Phi) is 8.03. The van der Waals surface area contributed by atoms with Gasteiger partial charge in [-0.15, -0.1) is 10.2 Å². The average molecular weight is 467 g/mol. The zero-order chi connectivity index (χ0) is 23.8. The van der Waals surface area contributed by atoms with Crippen LogP contribution in [0.15, 0.2) is 55.1 Å². The maximum Gasteiger partial charge on any atom is 0.161 e. The van der Waals surface area contributed by atoms with Crippen LogP contribution in [-0.2, 0) is 13.1 Å². The van der Waals surface area contributed by atoms with E-state index in [1.165, 1.54) is 5.56 Å². The van der Waals surface area contributed by atoms with Gasteiger partial charge in [-0.25, -0.2) is 0 Å². The summed E-state index contributed by atoms with van der Waals surface area (Å²) in [5.74, 6) is 2.24. The maximum absolute atomic E-state index is 11.1. The molecule has 1 atom stereocenters. The molecular weight excluding hydrogens is 432 g/mol. The number of likely N-dealkylation sites (tertiary alicyclic amines) is 1. The van der Waals surface area contributed by atoms with Crippen LogP contribution in [0.3, 0.4) is 0 Å². The molecule has 0 spiro atoms. The molecular formula is C26H34N4O4. The summed E-state index contributed by atoms with van der Waals surface area (Å²) in [6.45, 7) is 6.09. The van der Waals surface area contributed by atoms with Gasteiger partial charge in [0, 0.05) is 13.1 Å². The summed E-state index contributed by atoms with van der Waals surface area (Å²) in [5, 5.41) is 18.7. The predicted octanol–water partition coefficient (Wildman–Crippen LogP) is 3.47. The molecule has 0 aliphatic carbocycles. The van der Waals surface area contributed by atoms with Gasteiger partial charge in [0.1, 0.15) is 31.6 Å². The lowest BCUT2D eigenvalue weighted by molar-refractivity contribution is -0.0168. The summed E-state index contributed by atoms with van der Waals surface area (Å²) in [4.78, 5) is 2.38. The van der Waals surface area contributed by atoms with E-state index < -0.39 is 5.60 Å². The number of aliphatic hydroxyl groups is 1. The molecule has 34 heavy (non-hydrogen) atoms. The first kappa shape index (κ1) is 24.0. The van der Waals surface area contributed by atoms with Crippen molar-refractivity contribution >= 4 is 0 Å². The van der Waals surface area contributed by atoms with Gasteiger partial charge in [-0.2, -0.15) is 0 Å². The van der Waals surface area contributed by atoms with Gasteiger partial charge in [0.05, 0.1) is 19.3 Å². The quantitative estimate of drug-likeness (QED) is 0.490. The zero-order valence-electron chi connectivity index (χ0n) is 20.0. The first-order valence-corrected chi connectivity index (χ1v) is 11.8.